The number of aliphatic hydroxyl groups is 1. The first kappa shape index (κ1) is 14.8. The highest BCUT2D eigenvalue weighted by atomic mass is 35.5. The molecule has 0 spiro atoms. The van der Waals surface area contributed by atoms with E-state index in [1.165, 1.54) is 0 Å². The van der Waals surface area contributed by atoms with E-state index in [4.69, 9.17) is 16.3 Å². The minimum atomic E-state index is -0.171. The molecular weight excluding hydrogens is 254 g/mol. The Morgan fingerprint density at radius 1 is 1.39 bits per heavy atom. The Labute approximate surface area is 112 Å². The van der Waals surface area contributed by atoms with E-state index in [1.54, 1.807) is 23.1 Å². The van der Waals surface area contributed by atoms with Crippen LogP contribution in [0.15, 0.2) is 18.2 Å². The Morgan fingerprint density at radius 2 is 2.06 bits per heavy atom. The summed E-state index contributed by atoms with van der Waals surface area (Å²) in [6.07, 6.45) is 0. The lowest BCUT2D eigenvalue weighted by Gasteiger charge is -2.19. The molecule has 100 valence electrons. The first-order chi connectivity index (χ1) is 8.62. The van der Waals surface area contributed by atoms with Crippen molar-refractivity contribution < 1.29 is 14.6 Å². The van der Waals surface area contributed by atoms with Crippen LogP contribution in [0, 0.1) is 0 Å². The van der Waals surface area contributed by atoms with Gasteiger partial charge in [-0.25, -0.2) is 0 Å². The Morgan fingerprint density at radius 3 is 2.61 bits per heavy atom. The van der Waals surface area contributed by atoms with Gasteiger partial charge >= 0.3 is 0 Å². The Bertz CT molecular complexity index is 405. The average molecular weight is 272 g/mol. The zero-order chi connectivity index (χ0) is 13.5. The van der Waals surface area contributed by atoms with Gasteiger partial charge < -0.3 is 14.7 Å². The molecule has 0 aliphatic rings. The summed E-state index contributed by atoms with van der Waals surface area (Å²) >= 11 is 5.81. The van der Waals surface area contributed by atoms with E-state index in [1.807, 2.05) is 13.8 Å². The van der Waals surface area contributed by atoms with E-state index in [0.717, 1.165) is 0 Å². The SMILES string of the molecule is CCN(CC)C(=O)COc1ccc(Cl)cc1CO. The second-order valence-corrected chi connectivity index (χ2v) is 4.20. The number of benzene rings is 1. The van der Waals surface area contributed by atoms with E-state index in [0.29, 0.717) is 29.4 Å². The lowest BCUT2D eigenvalue weighted by Crippen LogP contribution is -2.34. The summed E-state index contributed by atoms with van der Waals surface area (Å²) < 4.78 is 5.42. The number of aliphatic hydroxyl groups excluding tert-OH is 1. The standard InChI is InChI=1S/C13H18ClNO3/c1-3-15(4-2)13(17)9-18-12-6-5-11(14)7-10(12)8-16/h5-7,16H,3-4,8-9H2,1-2H3. The van der Waals surface area contributed by atoms with Crippen LogP contribution in [-0.4, -0.2) is 35.6 Å². The van der Waals surface area contributed by atoms with Crippen molar-refractivity contribution in [2.75, 3.05) is 19.7 Å². The molecule has 0 aliphatic heterocycles. The highest BCUT2D eigenvalue weighted by molar-refractivity contribution is 6.30. The van der Waals surface area contributed by atoms with Gasteiger partial charge in [0, 0.05) is 23.7 Å². The number of hydrogen-bond donors (Lipinski definition) is 1. The molecule has 1 rings (SSSR count). The molecule has 0 saturated heterocycles. The third kappa shape index (κ3) is 3.89. The fourth-order valence-electron chi connectivity index (χ4n) is 1.62. The zero-order valence-corrected chi connectivity index (χ0v) is 11.4. The van der Waals surface area contributed by atoms with Crippen molar-refractivity contribution in [2.45, 2.75) is 20.5 Å². The van der Waals surface area contributed by atoms with Crippen molar-refractivity contribution in [1.82, 2.24) is 4.90 Å². The number of rotatable bonds is 6. The molecule has 0 fully saturated rings. The van der Waals surface area contributed by atoms with E-state index in [2.05, 4.69) is 0 Å². The molecule has 1 aromatic carbocycles. The molecule has 0 atom stereocenters. The number of nitrogens with zero attached hydrogens (tertiary/aromatic N) is 1. The molecule has 0 heterocycles. The van der Waals surface area contributed by atoms with E-state index in [9.17, 15) is 9.90 Å². The molecular formula is C13H18ClNO3. The number of ether oxygens (including phenoxy) is 1. The van der Waals surface area contributed by atoms with Gasteiger partial charge in [-0.05, 0) is 32.0 Å². The fourth-order valence-corrected chi connectivity index (χ4v) is 1.81. The summed E-state index contributed by atoms with van der Waals surface area (Å²) in [5, 5.41) is 9.70. The van der Waals surface area contributed by atoms with Crippen LogP contribution in [0.2, 0.25) is 5.02 Å². The van der Waals surface area contributed by atoms with Crippen LogP contribution in [0.3, 0.4) is 0 Å². The maximum Gasteiger partial charge on any atom is 0.260 e. The van der Waals surface area contributed by atoms with Crippen LogP contribution >= 0.6 is 11.6 Å². The molecule has 1 N–H and O–H groups in total. The smallest absolute Gasteiger partial charge is 0.260 e. The van der Waals surface area contributed by atoms with Gasteiger partial charge in [0.2, 0.25) is 0 Å². The second kappa shape index (κ2) is 7.24. The summed E-state index contributed by atoms with van der Waals surface area (Å²) in [6, 6.07) is 4.94. The highest BCUT2D eigenvalue weighted by Gasteiger charge is 2.11. The number of hydrogen-bond acceptors (Lipinski definition) is 3. The molecule has 0 bridgehead atoms. The topological polar surface area (TPSA) is 49.8 Å². The predicted octanol–water partition coefficient (Wildman–Crippen LogP) is 2.08. The van der Waals surface area contributed by atoms with Crippen LogP contribution in [0.1, 0.15) is 19.4 Å². The lowest BCUT2D eigenvalue weighted by molar-refractivity contribution is -0.133. The largest absolute Gasteiger partial charge is 0.483 e. The van der Waals surface area contributed by atoms with E-state index < -0.39 is 0 Å². The first-order valence-electron chi connectivity index (χ1n) is 5.92. The normalized spacial score (nSPS) is 10.2. The molecule has 0 aliphatic carbocycles. The van der Waals surface area contributed by atoms with Gasteiger partial charge in [0.25, 0.3) is 5.91 Å². The number of carbonyl (C=O) groups excluding carboxylic acids is 1. The summed E-state index contributed by atoms with van der Waals surface area (Å²) in [7, 11) is 0. The van der Waals surface area contributed by atoms with Gasteiger partial charge in [0.15, 0.2) is 6.61 Å². The van der Waals surface area contributed by atoms with Crippen LogP contribution in [0.25, 0.3) is 0 Å². The van der Waals surface area contributed by atoms with Crippen LogP contribution in [-0.2, 0) is 11.4 Å². The summed E-state index contributed by atoms with van der Waals surface area (Å²) in [6.45, 7) is 4.95. The molecule has 18 heavy (non-hydrogen) atoms. The Balaban J connectivity index is 2.66. The maximum atomic E-state index is 11.8. The summed E-state index contributed by atoms with van der Waals surface area (Å²) in [5.74, 6) is 0.418. The summed E-state index contributed by atoms with van der Waals surface area (Å²) in [4.78, 5) is 13.4. The lowest BCUT2D eigenvalue weighted by atomic mass is 10.2. The minimum absolute atomic E-state index is 0.0314. The Hall–Kier alpha value is -1.26. The van der Waals surface area contributed by atoms with Gasteiger partial charge in [-0.2, -0.15) is 0 Å². The molecule has 4 nitrogen and oxygen atoms in total. The molecule has 0 aromatic heterocycles. The van der Waals surface area contributed by atoms with Crippen molar-refractivity contribution >= 4 is 17.5 Å². The summed E-state index contributed by atoms with van der Waals surface area (Å²) in [5.41, 5.74) is 0.579. The maximum absolute atomic E-state index is 11.8. The van der Waals surface area contributed by atoms with E-state index in [-0.39, 0.29) is 19.1 Å². The molecule has 1 amide bonds. The predicted molar refractivity (Wildman–Crippen MR) is 70.8 cm³/mol. The number of carbonyl (C=O) groups is 1. The highest BCUT2D eigenvalue weighted by Crippen LogP contribution is 2.22. The quantitative estimate of drug-likeness (QED) is 0.862. The second-order valence-electron chi connectivity index (χ2n) is 3.76. The van der Waals surface area contributed by atoms with Gasteiger partial charge in [0.05, 0.1) is 6.61 Å². The van der Waals surface area contributed by atoms with Gasteiger partial charge in [-0.1, -0.05) is 11.6 Å². The monoisotopic (exact) mass is 271 g/mol. The molecule has 1 aromatic rings. The third-order valence-electron chi connectivity index (χ3n) is 2.66. The van der Waals surface area contributed by atoms with Crippen molar-refractivity contribution in [1.29, 1.82) is 0 Å². The molecule has 5 heteroatoms. The van der Waals surface area contributed by atoms with Crippen LogP contribution in [0.4, 0.5) is 0 Å². The van der Waals surface area contributed by atoms with Crippen LogP contribution in [0.5, 0.6) is 5.75 Å². The van der Waals surface area contributed by atoms with Gasteiger partial charge in [0.1, 0.15) is 5.75 Å². The van der Waals surface area contributed by atoms with Crippen molar-refractivity contribution in [3.05, 3.63) is 28.8 Å². The van der Waals surface area contributed by atoms with Crippen LogP contribution < -0.4 is 4.74 Å². The number of amides is 1. The van der Waals surface area contributed by atoms with Crippen molar-refractivity contribution in [3.63, 3.8) is 0 Å². The van der Waals surface area contributed by atoms with E-state index >= 15 is 0 Å². The first-order valence-corrected chi connectivity index (χ1v) is 6.30. The molecule has 0 saturated carbocycles. The van der Waals surface area contributed by atoms with Gasteiger partial charge in [-0.15, -0.1) is 0 Å². The third-order valence-corrected chi connectivity index (χ3v) is 2.90. The van der Waals surface area contributed by atoms with Crippen molar-refractivity contribution in [3.8, 4) is 5.75 Å². The van der Waals surface area contributed by atoms with Gasteiger partial charge in [-0.3, -0.25) is 4.79 Å². The molecule has 0 radical (unpaired) electrons. The fraction of sp³-hybridized carbons (Fsp3) is 0.462. The van der Waals surface area contributed by atoms with Crippen molar-refractivity contribution in [2.24, 2.45) is 0 Å². The Kier molecular flexibility index (Phi) is 5.95. The zero-order valence-electron chi connectivity index (χ0n) is 10.6. The molecule has 0 unspecified atom stereocenters. The number of halogens is 1. The average Bonchev–Trinajstić information content (AvgIpc) is 2.38. The minimum Gasteiger partial charge on any atom is -0.483 e. The number of likely N-dealkylation sites (N-methyl/N-ethyl adjacent to an activating group) is 1.